The number of hydrogen-bond acceptors (Lipinski definition) is 6. The first-order chi connectivity index (χ1) is 9.87. The summed E-state index contributed by atoms with van der Waals surface area (Å²) in [6.07, 6.45) is -4.37. The summed E-state index contributed by atoms with van der Waals surface area (Å²) >= 11 is 3.11. The molecule has 0 aliphatic heterocycles. The van der Waals surface area contributed by atoms with Gasteiger partial charge in [0.1, 0.15) is 0 Å². The molecule has 0 aromatic carbocycles. The molecule has 1 N–H and O–H groups in total. The zero-order valence-corrected chi connectivity index (χ0v) is 12.2. The van der Waals surface area contributed by atoms with E-state index in [-0.39, 0.29) is 24.9 Å². The van der Waals surface area contributed by atoms with Gasteiger partial charge in [0.05, 0.1) is 19.7 Å². The summed E-state index contributed by atoms with van der Waals surface area (Å²) in [7, 11) is 0. The summed E-state index contributed by atoms with van der Waals surface area (Å²) in [5.74, 6) is 0.395. The normalized spacial score (nSPS) is 12.3. The monoisotopic (exact) mass is 369 g/mol. The second-order valence-electron chi connectivity index (χ2n) is 4.15. The highest BCUT2D eigenvalue weighted by molar-refractivity contribution is 9.10. The lowest BCUT2D eigenvalue weighted by atomic mass is 10.4. The second kappa shape index (κ2) is 6.58. The SMILES string of the molecule is OCCN(Cc1nnc(-c2ccc(Br)o2)o1)CC(F)(F)F. The molecule has 2 rings (SSSR count). The lowest BCUT2D eigenvalue weighted by molar-refractivity contribution is -0.148. The van der Waals surface area contributed by atoms with Gasteiger partial charge in [-0.15, -0.1) is 10.2 Å². The predicted octanol–water partition coefficient (Wildman–Crippen LogP) is 2.45. The van der Waals surface area contributed by atoms with Crippen molar-refractivity contribution in [1.82, 2.24) is 15.1 Å². The molecule has 0 spiro atoms. The van der Waals surface area contributed by atoms with Gasteiger partial charge in [0.2, 0.25) is 5.89 Å². The van der Waals surface area contributed by atoms with Crippen molar-refractivity contribution < 1.29 is 27.1 Å². The van der Waals surface area contributed by atoms with Crippen LogP contribution in [0.25, 0.3) is 11.7 Å². The van der Waals surface area contributed by atoms with Crippen molar-refractivity contribution >= 4 is 15.9 Å². The Hall–Kier alpha value is -1.39. The fourth-order valence-corrected chi connectivity index (χ4v) is 1.95. The van der Waals surface area contributed by atoms with E-state index in [1.54, 1.807) is 12.1 Å². The third-order valence-electron chi connectivity index (χ3n) is 2.43. The Morgan fingerprint density at radius 1 is 1.24 bits per heavy atom. The number of aromatic nitrogens is 2. The summed E-state index contributed by atoms with van der Waals surface area (Å²) in [4.78, 5) is 0.968. The molecule has 2 aromatic rings. The molecule has 0 saturated carbocycles. The summed E-state index contributed by atoms with van der Waals surface area (Å²) in [6.45, 7) is -1.93. The minimum Gasteiger partial charge on any atom is -0.444 e. The largest absolute Gasteiger partial charge is 0.444 e. The highest BCUT2D eigenvalue weighted by Gasteiger charge is 2.31. The average Bonchev–Trinajstić information content (AvgIpc) is 2.96. The Bertz CT molecular complexity index is 585. The lowest BCUT2D eigenvalue weighted by Crippen LogP contribution is -2.35. The Balaban J connectivity index is 2.06. The van der Waals surface area contributed by atoms with Crippen LogP contribution in [-0.4, -0.2) is 46.1 Å². The van der Waals surface area contributed by atoms with E-state index in [4.69, 9.17) is 13.9 Å². The molecule has 0 bridgehead atoms. The van der Waals surface area contributed by atoms with Gasteiger partial charge in [-0.3, -0.25) is 4.90 Å². The van der Waals surface area contributed by atoms with Gasteiger partial charge in [0.25, 0.3) is 5.89 Å². The van der Waals surface area contributed by atoms with E-state index in [0.717, 1.165) is 4.90 Å². The van der Waals surface area contributed by atoms with Gasteiger partial charge in [0.15, 0.2) is 10.4 Å². The molecule has 10 heteroatoms. The van der Waals surface area contributed by atoms with Crippen LogP contribution in [0.5, 0.6) is 0 Å². The summed E-state index contributed by atoms with van der Waals surface area (Å²) < 4.78 is 48.1. The zero-order valence-electron chi connectivity index (χ0n) is 10.6. The molecule has 0 saturated heterocycles. The first-order valence-corrected chi connectivity index (χ1v) is 6.65. The van der Waals surface area contributed by atoms with Crippen LogP contribution in [0.3, 0.4) is 0 Å². The van der Waals surface area contributed by atoms with Crippen molar-refractivity contribution in [3.05, 3.63) is 22.7 Å². The number of rotatable bonds is 6. The predicted molar refractivity (Wildman–Crippen MR) is 68.1 cm³/mol. The van der Waals surface area contributed by atoms with Crippen molar-refractivity contribution in [2.45, 2.75) is 12.7 Å². The molecule has 2 heterocycles. The smallest absolute Gasteiger partial charge is 0.401 e. The maximum absolute atomic E-state index is 12.4. The van der Waals surface area contributed by atoms with Gasteiger partial charge >= 0.3 is 6.18 Å². The molecule has 6 nitrogen and oxygen atoms in total. The van der Waals surface area contributed by atoms with Crippen LogP contribution in [-0.2, 0) is 6.54 Å². The maximum atomic E-state index is 12.4. The second-order valence-corrected chi connectivity index (χ2v) is 4.94. The van der Waals surface area contributed by atoms with Crippen LogP contribution in [0.4, 0.5) is 13.2 Å². The average molecular weight is 370 g/mol. The van der Waals surface area contributed by atoms with E-state index in [0.29, 0.717) is 10.4 Å². The van der Waals surface area contributed by atoms with Crippen LogP contribution in [0, 0.1) is 0 Å². The molecule has 116 valence electrons. The van der Waals surface area contributed by atoms with Crippen LogP contribution in [0.1, 0.15) is 5.89 Å². The number of halogens is 4. The molecule has 21 heavy (non-hydrogen) atoms. The van der Waals surface area contributed by atoms with Crippen LogP contribution in [0.2, 0.25) is 0 Å². The molecule has 0 unspecified atom stereocenters. The zero-order chi connectivity index (χ0) is 15.5. The number of hydrogen-bond donors (Lipinski definition) is 1. The Morgan fingerprint density at radius 2 is 2.00 bits per heavy atom. The number of alkyl halides is 3. The van der Waals surface area contributed by atoms with Gasteiger partial charge in [0, 0.05) is 6.54 Å². The number of aliphatic hydroxyl groups excluding tert-OH is 1. The molecular formula is C11H11BrF3N3O3. The van der Waals surface area contributed by atoms with Gasteiger partial charge in [-0.1, -0.05) is 0 Å². The fourth-order valence-electron chi connectivity index (χ4n) is 1.65. The van der Waals surface area contributed by atoms with E-state index in [2.05, 4.69) is 26.1 Å². The van der Waals surface area contributed by atoms with Crippen molar-refractivity contribution in [2.24, 2.45) is 0 Å². The topological polar surface area (TPSA) is 75.5 Å². The van der Waals surface area contributed by atoms with Crippen molar-refractivity contribution in [1.29, 1.82) is 0 Å². The van der Waals surface area contributed by atoms with E-state index in [9.17, 15) is 13.2 Å². The van der Waals surface area contributed by atoms with Crippen molar-refractivity contribution in [3.63, 3.8) is 0 Å². The maximum Gasteiger partial charge on any atom is 0.401 e. The molecule has 2 aromatic heterocycles. The number of furan rings is 1. The molecule has 0 aliphatic carbocycles. The van der Waals surface area contributed by atoms with Crippen LogP contribution < -0.4 is 0 Å². The van der Waals surface area contributed by atoms with Gasteiger partial charge in [-0.2, -0.15) is 13.2 Å². The first kappa shape index (κ1) is 16.0. The van der Waals surface area contributed by atoms with E-state index >= 15 is 0 Å². The van der Waals surface area contributed by atoms with E-state index in [1.807, 2.05) is 0 Å². The molecular weight excluding hydrogens is 359 g/mol. The van der Waals surface area contributed by atoms with Crippen molar-refractivity contribution in [3.8, 4) is 11.7 Å². The highest BCUT2D eigenvalue weighted by atomic mass is 79.9. The van der Waals surface area contributed by atoms with Gasteiger partial charge in [-0.25, -0.2) is 0 Å². The van der Waals surface area contributed by atoms with Gasteiger partial charge in [-0.05, 0) is 28.1 Å². The molecule has 0 aliphatic rings. The highest BCUT2D eigenvalue weighted by Crippen LogP contribution is 2.24. The Labute approximate surface area is 125 Å². The molecule has 0 radical (unpaired) electrons. The Kier molecular flexibility index (Phi) is 5.01. The van der Waals surface area contributed by atoms with Gasteiger partial charge < -0.3 is 13.9 Å². The van der Waals surface area contributed by atoms with E-state index in [1.165, 1.54) is 0 Å². The fraction of sp³-hybridized carbons (Fsp3) is 0.455. The van der Waals surface area contributed by atoms with Crippen LogP contribution in [0.15, 0.2) is 25.6 Å². The number of aliphatic hydroxyl groups is 1. The molecule has 0 fully saturated rings. The quantitative estimate of drug-likeness (QED) is 0.842. The molecule has 0 atom stereocenters. The summed E-state index contributed by atoms with van der Waals surface area (Å²) in [5.41, 5.74) is 0. The Morgan fingerprint density at radius 3 is 2.57 bits per heavy atom. The summed E-state index contributed by atoms with van der Waals surface area (Å²) in [5, 5.41) is 16.2. The molecule has 0 amide bonds. The van der Waals surface area contributed by atoms with Crippen molar-refractivity contribution in [2.75, 3.05) is 19.7 Å². The number of nitrogens with zero attached hydrogens (tertiary/aromatic N) is 3. The third-order valence-corrected chi connectivity index (χ3v) is 2.86. The minimum atomic E-state index is -4.37. The third kappa shape index (κ3) is 4.83. The van der Waals surface area contributed by atoms with E-state index < -0.39 is 19.3 Å². The first-order valence-electron chi connectivity index (χ1n) is 5.85. The minimum absolute atomic E-state index is 0.00947. The van der Waals surface area contributed by atoms with Crippen LogP contribution >= 0.6 is 15.9 Å². The standard InChI is InChI=1S/C11H11BrF3N3O3/c12-8-2-1-7(20-8)10-17-16-9(21-10)5-18(3-4-19)6-11(13,14)15/h1-2,19H,3-6H2. The lowest BCUT2D eigenvalue weighted by Gasteiger charge is -2.20. The summed E-state index contributed by atoms with van der Waals surface area (Å²) in [6, 6.07) is 3.21.